The Hall–Kier alpha value is -1.59. The quantitative estimate of drug-likeness (QED) is 0.715. The zero-order valence-corrected chi connectivity index (χ0v) is 15.7. The molecule has 1 unspecified atom stereocenters. The number of likely N-dealkylation sites (tertiary alicyclic amines) is 1. The number of benzene rings is 1. The fraction of sp³-hybridized carbons (Fsp3) is 0.579. The van der Waals surface area contributed by atoms with Crippen molar-refractivity contribution >= 4 is 24.1 Å². The van der Waals surface area contributed by atoms with Gasteiger partial charge in [-0.3, -0.25) is 9.59 Å². The van der Waals surface area contributed by atoms with Crippen LogP contribution in [0, 0.1) is 0 Å². The molecule has 2 rings (SSSR count). The number of amides is 1. The van der Waals surface area contributed by atoms with Crippen LogP contribution < -0.4 is 10.5 Å². The summed E-state index contributed by atoms with van der Waals surface area (Å²) in [5.74, 6) is 0.802. The lowest BCUT2D eigenvalue weighted by molar-refractivity contribution is -0.134. The molecule has 1 saturated heterocycles. The molecule has 1 aromatic rings. The highest BCUT2D eigenvalue weighted by atomic mass is 35.5. The topological polar surface area (TPSA) is 72.6 Å². The number of ketones is 1. The molecule has 1 fully saturated rings. The number of carbonyl (C=O) groups is 2. The van der Waals surface area contributed by atoms with Crippen molar-refractivity contribution < 1.29 is 14.3 Å². The van der Waals surface area contributed by atoms with Crippen molar-refractivity contribution in [1.82, 2.24) is 4.90 Å². The molecular formula is C19H29ClN2O3. The van der Waals surface area contributed by atoms with Gasteiger partial charge in [0.2, 0.25) is 5.91 Å². The van der Waals surface area contributed by atoms with Gasteiger partial charge in [0.15, 0.2) is 5.78 Å². The molecule has 0 aromatic heterocycles. The number of carbonyl (C=O) groups excluding carboxylic acids is 2. The van der Waals surface area contributed by atoms with Gasteiger partial charge in [-0.15, -0.1) is 12.4 Å². The molecule has 1 aliphatic rings. The summed E-state index contributed by atoms with van der Waals surface area (Å²) in [4.78, 5) is 26.5. The molecule has 0 aliphatic carbocycles. The van der Waals surface area contributed by atoms with Gasteiger partial charge < -0.3 is 15.4 Å². The van der Waals surface area contributed by atoms with Crippen LogP contribution >= 0.6 is 12.4 Å². The fourth-order valence-electron chi connectivity index (χ4n) is 3.04. The SMILES string of the molecule is CCCOc1ccc(C(=O)CCC(=O)N2CCCCC2CN)cc1.Cl. The average Bonchev–Trinajstić information content (AvgIpc) is 2.64. The Morgan fingerprint density at radius 1 is 1.20 bits per heavy atom. The maximum atomic E-state index is 12.4. The summed E-state index contributed by atoms with van der Waals surface area (Å²) in [6, 6.07) is 7.28. The van der Waals surface area contributed by atoms with Crippen molar-refractivity contribution in [1.29, 1.82) is 0 Å². The Morgan fingerprint density at radius 2 is 1.92 bits per heavy atom. The normalized spacial score (nSPS) is 16.9. The Labute approximate surface area is 156 Å². The number of nitrogens with two attached hydrogens (primary N) is 1. The number of hydrogen-bond acceptors (Lipinski definition) is 4. The van der Waals surface area contributed by atoms with Crippen LogP contribution in [0.2, 0.25) is 0 Å². The molecular weight excluding hydrogens is 340 g/mol. The molecule has 0 spiro atoms. The minimum absolute atomic E-state index is 0. The lowest BCUT2D eigenvalue weighted by Crippen LogP contribution is -2.47. The van der Waals surface area contributed by atoms with Crippen molar-refractivity contribution in [3.63, 3.8) is 0 Å². The van der Waals surface area contributed by atoms with E-state index in [9.17, 15) is 9.59 Å². The van der Waals surface area contributed by atoms with Crippen LogP contribution in [0.4, 0.5) is 0 Å². The van der Waals surface area contributed by atoms with Crippen LogP contribution in [-0.4, -0.2) is 42.3 Å². The van der Waals surface area contributed by atoms with Gasteiger partial charge >= 0.3 is 0 Å². The molecule has 25 heavy (non-hydrogen) atoms. The largest absolute Gasteiger partial charge is 0.494 e. The number of ether oxygens (including phenoxy) is 1. The van der Waals surface area contributed by atoms with Crippen LogP contribution in [0.25, 0.3) is 0 Å². The van der Waals surface area contributed by atoms with E-state index in [0.717, 1.165) is 38.0 Å². The number of rotatable bonds is 8. The van der Waals surface area contributed by atoms with Crippen molar-refractivity contribution in [3.8, 4) is 5.75 Å². The van der Waals surface area contributed by atoms with Crippen molar-refractivity contribution in [3.05, 3.63) is 29.8 Å². The predicted octanol–water partition coefficient (Wildman–Crippen LogP) is 3.20. The standard InChI is InChI=1S/C19H28N2O3.ClH/c1-2-13-24-17-8-6-15(7-9-17)18(22)10-11-19(23)21-12-4-3-5-16(21)14-20;/h6-9,16H,2-5,10-14,20H2,1H3;1H. The summed E-state index contributed by atoms with van der Waals surface area (Å²) < 4.78 is 5.51. The first-order chi connectivity index (χ1) is 11.7. The molecule has 0 bridgehead atoms. The Kier molecular flexibility index (Phi) is 9.53. The molecule has 1 amide bonds. The lowest BCUT2D eigenvalue weighted by Gasteiger charge is -2.35. The lowest BCUT2D eigenvalue weighted by atomic mass is 10.0. The van der Waals surface area contributed by atoms with Crippen LogP contribution in [0.15, 0.2) is 24.3 Å². The van der Waals surface area contributed by atoms with E-state index in [4.69, 9.17) is 10.5 Å². The summed E-state index contributed by atoms with van der Waals surface area (Å²) in [6.45, 7) is 3.98. The van der Waals surface area contributed by atoms with Gasteiger partial charge in [0, 0.05) is 37.5 Å². The number of hydrogen-bond donors (Lipinski definition) is 1. The van der Waals surface area contributed by atoms with E-state index in [-0.39, 0.29) is 43.0 Å². The molecule has 1 aliphatic heterocycles. The van der Waals surface area contributed by atoms with Crippen LogP contribution in [0.3, 0.4) is 0 Å². The second-order valence-corrected chi connectivity index (χ2v) is 6.27. The molecule has 140 valence electrons. The van der Waals surface area contributed by atoms with Crippen LogP contribution in [0.1, 0.15) is 55.8 Å². The van der Waals surface area contributed by atoms with Crippen molar-refractivity contribution in [2.75, 3.05) is 19.7 Å². The molecule has 1 aromatic carbocycles. The van der Waals surface area contributed by atoms with Gasteiger partial charge in [-0.2, -0.15) is 0 Å². The highest BCUT2D eigenvalue weighted by Gasteiger charge is 2.25. The van der Waals surface area contributed by atoms with Crippen molar-refractivity contribution in [2.45, 2.75) is 51.5 Å². The van der Waals surface area contributed by atoms with Gasteiger partial charge in [-0.1, -0.05) is 6.92 Å². The van der Waals surface area contributed by atoms with Crippen LogP contribution in [0.5, 0.6) is 5.75 Å². The molecule has 2 N–H and O–H groups in total. The maximum absolute atomic E-state index is 12.4. The third-order valence-corrected chi connectivity index (χ3v) is 4.43. The fourth-order valence-corrected chi connectivity index (χ4v) is 3.04. The van der Waals surface area contributed by atoms with E-state index in [0.29, 0.717) is 18.7 Å². The van der Waals surface area contributed by atoms with E-state index >= 15 is 0 Å². The second-order valence-electron chi connectivity index (χ2n) is 6.27. The van der Waals surface area contributed by atoms with E-state index in [2.05, 4.69) is 0 Å². The average molecular weight is 369 g/mol. The monoisotopic (exact) mass is 368 g/mol. The predicted molar refractivity (Wildman–Crippen MR) is 101 cm³/mol. The first kappa shape index (κ1) is 21.5. The number of nitrogens with zero attached hydrogens (tertiary/aromatic N) is 1. The third-order valence-electron chi connectivity index (χ3n) is 4.43. The first-order valence-electron chi connectivity index (χ1n) is 8.91. The summed E-state index contributed by atoms with van der Waals surface area (Å²) in [5, 5.41) is 0. The minimum Gasteiger partial charge on any atom is -0.494 e. The van der Waals surface area contributed by atoms with E-state index in [1.54, 1.807) is 24.3 Å². The van der Waals surface area contributed by atoms with Gasteiger partial charge in [-0.05, 0) is 49.9 Å². The molecule has 6 heteroatoms. The number of piperidine rings is 1. The van der Waals surface area contributed by atoms with Gasteiger partial charge in [0.1, 0.15) is 5.75 Å². The molecule has 0 saturated carbocycles. The van der Waals surface area contributed by atoms with Gasteiger partial charge in [-0.25, -0.2) is 0 Å². The highest BCUT2D eigenvalue weighted by Crippen LogP contribution is 2.19. The maximum Gasteiger partial charge on any atom is 0.223 e. The smallest absolute Gasteiger partial charge is 0.223 e. The second kappa shape index (κ2) is 11.1. The van der Waals surface area contributed by atoms with Gasteiger partial charge in [0.05, 0.1) is 6.61 Å². The Morgan fingerprint density at radius 3 is 2.56 bits per heavy atom. The summed E-state index contributed by atoms with van der Waals surface area (Å²) in [6.07, 6.45) is 4.55. The van der Waals surface area contributed by atoms with E-state index in [1.165, 1.54) is 0 Å². The summed E-state index contributed by atoms with van der Waals surface area (Å²) in [5.41, 5.74) is 6.38. The zero-order valence-electron chi connectivity index (χ0n) is 14.9. The molecule has 1 atom stereocenters. The Bertz CT molecular complexity index is 548. The van der Waals surface area contributed by atoms with Crippen molar-refractivity contribution in [2.24, 2.45) is 5.73 Å². The minimum atomic E-state index is -0.00769. The molecule has 1 heterocycles. The molecule has 0 radical (unpaired) electrons. The first-order valence-corrected chi connectivity index (χ1v) is 8.91. The number of halogens is 1. The Balaban J connectivity index is 0.00000312. The highest BCUT2D eigenvalue weighted by molar-refractivity contribution is 5.98. The van der Waals surface area contributed by atoms with E-state index < -0.39 is 0 Å². The number of Topliss-reactive ketones (excluding diaryl/α,β-unsaturated/α-hetero) is 1. The zero-order chi connectivity index (χ0) is 17.4. The summed E-state index contributed by atoms with van der Waals surface area (Å²) in [7, 11) is 0. The van der Waals surface area contributed by atoms with E-state index in [1.807, 2.05) is 11.8 Å². The van der Waals surface area contributed by atoms with Crippen LogP contribution in [-0.2, 0) is 4.79 Å². The summed E-state index contributed by atoms with van der Waals surface area (Å²) >= 11 is 0. The molecule has 5 nitrogen and oxygen atoms in total. The third kappa shape index (κ3) is 6.33. The van der Waals surface area contributed by atoms with Gasteiger partial charge in [0.25, 0.3) is 0 Å².